The molecule has 0 radical (unpaired) electrons. The van der Waals surface area contributed by atoms with E-state index in [0.717, 1.165) is 5.17 Å². The van der Waals surface area contributed by atoms with E-state index in [9.17, 15) is 0 Å². The number of fused-ring (bicyclic) bond motifs is 1. The van der Waals surface area contributed by atoms with Gasteiger partial charge in [0, 0.05) is 12.4 Å². The SMILES string of the molecule is C1=CN2C=CC(c3ccccc3)(c3ccccc3)N=C2S1. The van der Waals surface area contributed by atoms with E-state index in [2.05, 4.69) is 71.1 Å². The summed E-state index contributed by atoms with van der Waals surface area (Å²) in [5.74, 6) is 0. The summed E-state index contributed by atoms with van der Waals surface area (Å²) in [5.41, 5.74) is 1.94. The van der Waals surface area contributed by atoms with Gasteiger partial charge in [-0.25, -0.2) is 4.99 Å². The normalized spacial score (nSPS) is 18.5. The van der Waals surface area contributed by atoms with Crippen molar-refractivity contribution in [2.75, 3.05) is 0 Å². The van der Waals surface area contributed by atoms with Gasteiger partial charge in [0.1, 0.15) is 5.54 Å². The highest BCUT2D eigenvalue weighted by Crippen LogP contribution is 2.40. The molecule has 0 aliphatic carbocycles. The van der Waals surface area contributed by atoms with Gasteiger partial charge in [0.05, 0.1) is 0 Å². The first-order valence-electron chi connectivity index (χ1n) is 6.90. The Morgan fingerprint density at radius 3 is 2.05 bits per heavy atom. The molecule has 2 aromatic carbocycles. The summed E-state index contributed by atoms with van der Waals surface area (Å²) in [6.45, 7) is 0. The summed E-state index contributed by atoms with van der Waals surface area (Å²) in [6, 6.07) is 20.9. The van der Waals surface area contributed by atoms with Gasteiger partial charge in [0.2, 0.25) is 0 Å². The van der Waals surface area contributed by atoms with Crippen LogP contribution in [0.3, 0.4) is 0 Å². The molecule has 0 unspecified atom stereocenters. The number of amidine groups is 1. The van der Waals surface area contributed by atoms with Crippen molar-refractivity contribution in [3.63, 3.8) is 0 Å². The summed E-state index contributed by atoms with van der Waals surface area (Å²) in [7, 11) is 0. The number of nitrogens with zero attached hydrogens (tertiary/aromatic N) is 2. The van der Waals surface area contributed by atoms with Crippen LogP contribution in [0.2, 0.25) is 0 Å². The lowest BCUT2D eigenvalue weighted by Gasteiger charge is -2.33. The molecule has 2 nitrogen and oxygen atoms in total. The van der Waals surface area contributed by atoms with E-state index in [-0.39, 0.29) is 0 Å². The fourth-order valence-corrected chi connectivity index (χ4v) is 3.48. The van der Waals surface area contributed by atoms with Crippen molar-refractivity contribution in [1.82, 2.24) is 4.90 Å². The van der Waals surface area contributed by atoms with E-state index in [0.29, 0.717) is 0 Å². The average molecular weight is 290 g/mol. The molecule has 102 valence electrons. The highest BCUT2D eigenvalue weighted by Gasteiger charge is 2.35. The lowest BCUT2D eigenvalue weighted by Crippen LogP contribution is -2.31. The monoisotopic (exact) mass is 290 g/mol. The van der Waals surface area contributed by atoms with Crippen LogP contribution in [0.15, 0.2) is 89.5 Å². The molecule has 4 rings (SSSR count). The highest BCUT2D eigenvalue weighted by molar-refractivity contribution is 8.16. The van der Waals surface area contributed by atoms with Crippen LogP contribution in [-0.4, -0.2) is 10.1 Å². The second-order valence-corrected chi connectivity index (χ2v) is 5.89. The first-order valence-corrected chi connectivity index (χ1v) is 7.78. The van der Waals surface area contributed by atoms with Gasteiger partial charge in [0.15, 0.2) is 5.17 Å². The minimum absolute atomic E-state index is 0.437. The van der Waals surface area contributed by atoms with Crippen molar-refractivity contribution in [3.05, 3.63) is 95.7 Å². The van der Waals surface area contributed by atoms with Crippen LogP contribution in [-0.2, 0) is 5.54 Å². The quantitative estimate of drug-likeness (QED) is 0.818. The van der Waals surface area contributed by atoms with Gasteiger partial charge < -0.3 is 4.90 Å². The van der Waals surface area contributed by atoms with Crippen LogP contribution >= 0.6 is 11.8 Å². The zero-order valence-electron chi connectivity index (χ0n) is 11.4. The van der Waals surface area contributed by atoms with Gasteiger partial charge >= 0.3 is 0 Å². The Hall–Kier alpha value is -2.26. The second-order valence-electron chi connectivity index (χ2n) is 5.02. The maximum Gasteiger partial charge on any atom is 0.173 e. The average Bonchev–Trinajstić information content (AvgIpc) is 3.03. The van der Waals surface area contributed by atoms with E-state index in [4.69, 9.17) is 4.99 Å². The van der Waals surface area contributed by atoms with Crippen molar-refractivity contribution in [2.24, 2.45) is 4.99 Å². The van der Waals surface area contributed by atoms with Crippen molar-refractivity contribution >= 4 is 16.9 Å². The van der Waals surface area contributed by atoms with Crippen LogP contribution < -0.4 is 0 Å². The molecule has 2 aromatic rings. The molecule has 0 fully saturated rings. The Labute approximate surface area is 128 Å². The summed E-state index contributed by atoms with van der Waals surface area (Å²) >= 11 is 1.66. The summed E-state index contributed by atoms with van der Waals surface area (Å²) < 4.78 is 0. The molecule has 21 heavy (non-hydrogen) atoms. The molecule has 3 heteroatoms. The third kappa shape index (κ3) is 2.01. The van der Waals surface area contributed by atoms with Gasteiger partial charge in [-0.05, 0) is 22.6 Å². The number of benzene rings is 2. The number of hydrogen-bond acceptors (Lipinski definition) is 3. The van der Waals surface area contributed by atoms with E-state index in [1.54, 1.807) is 11.8 Å². The molecule has 0 amide bonds. The van der Waals surface area contributed by atoms with Crippen LogP contribution in [0, 0.1) is 0 Å². The van der Waals surface area contributed by atoms with E-state index < -0.39 is 5.54 Å². The highest BCUT2D eigenvalue weighted by atomic mass is 32.2. The minimum atomic E-state index is -0.437. The van der Waals surface area contributed by atoms with Crippen molar-refractivity contribution in [3.8, 4) is 0 Å². The Balaban J connectivity index is 1.93. The third-order valence-corrected chi connectivity index (χ3v) is 4.56. The molecular weight excluding hydrogens is 276 g/mol. The summed E-state index contributed by atoms with van der Waals surface area (Å²) in [5, 5.41) is 3.08. The number of thioether (sulfide) groups is 1. The van der Waals surface area contributed by atoms with E-state index >= 15 is 0 Å². The van der Waals surface area contributed by atoms with Gasteiger partial charge in [-0.2, -0.15) is 0 Å². The fraction of sp³-hybridized carbons (Fsp3) is 0.0556. The predicted molar refractivity (Wildman–Crippen MR) is 88.8 cm³/mol. The number of hydrogen-bond donors (Lipinski definition) is 0. The first kappa shape index (κ1) is 12.5. The van der Waals surface area contributed by atoms with Gasteiger partial charge in [0.25, 0.3) is 0 Å². The molecule has 0 atom stereocenters. The smallest absolute Gasteiger partial charge is 0.173 e. The van der Waals surface area contributed by atoms with Crippen molar-refractivity contribution in [2.45, 2.75) is 5.54 Å². The lowest BCUT2D eigenvalue weighted by atomic mass is 9.83. The predicted octanol–water partition coefficient (Wildman–Crippen LogP) is 4.33. The molecule has 0 aromatic heterocycles. The maximum absolute atomic E-state index is 5.07. The van der Waals surface area contributed by atoms with E-state index in [1.165, 1.54) is 11.1 Å². The Morgan fingerprint density at radius 2 is 1.43 bits per heavy atom. The zero-order chi connectivity index (χ0) is 14.1. The largest absolute Gasteiger partial charge is 0.303 e. The Morgan fingerprint density at radius 1 is 0.810 bits per heavy atom. The summed E-state index contributed by atoms with van der Waals surface area (Å²) in [6.07, 6.45) is 6.33. The molecule has 0 saturated heterocycles. The van der Waals surface area contributed by atoms with Crippen LogP contribution in [0.4, 0.5) is 0 Å². The number of rotatable bonds is 2. The Bertz CT molecular complexity index is 693. The number of aliphatic imine (C=N–C) groups is 1. The first-order chi connectivity index (χ1) is 10.4. The minimum Gasteiger partial charge on any atom is -0.303 e. The van der Waals surface area contributed by atoms with Crippen molar-refractivity contribution < 1.29 is 0 Å². The topological polar surface area (TPSA) is 15.6 Å². The van der Waals surface area contributed by atoms with Gasteiger partial charge in [-0.15, -0.1) is 0 Å². The zero-order valence-corrected chi connectivity index (χ0v) is 12.2. The van der Waals surface area contributed by atoms with Crippen LogP contribution in [0.1, 0.15) is 11.1 Å². The standard InChI is InChI=1S/C18H14N2S/c1-3-7-15(8-4-1)18(16-9-5-2-6-10-16)11-12-20-13-14-21-17(20)19-18/h1-14H. The van der Waals surface area contributed by atoms with E-state index in [1.807, 2.05) is 18.3 Å². The Kier molecular flexibility index (Phi) is 2.93. The van der Waals surface area contributed by atoms with Crippen LogP contribution in [0.5, 0.6) is 0 Å². The lowest BCUT2D eigenvalue weighted by molar-refractivity contribution is 0.619. The third-order valence-electron chi connectivity index (χ3n) is 3.79. The fourth-order valence-electron chi connectivity index (χ4n) is 2.73. The molecule has 2 aliphatic rings. The molecule has 0 saturated carbocycles. The molecule has 0 N–H and O–H groups in total. The molecule has 2 heterocycles. The van der Waals surface area contributed by atoms with Gasteiger partial charge in [-0.1, -0.05) is 72.4 Å². The second kappa shape index (κ2) is 4.93. The molecule has 0 spiro atoms. The van der Waals surface area contributed by atoms with Crippen LogP contribution in [0.25, 0.3) is 0 Å². The molecule has 0 bridgehead atoms. The van der Waals surface area contributed by atoms with Crippen molar-refractivity contribution in [1.29, 1.82) is 0 Å². The maximum atomic E-state index is 5.07. The molecule has 2 aliphatic heterocycles. The summed E-state index contributed by atoms with van der Waals surface area (Å²) in [4.78, 5) is 7.14. The van der Waals surface area contributed by atoms with Gasteiger partial charge in [-0.3, -0.25) is 0 Å². The molecular formula is C18H14N2S.